The minimum absolute atomic E-state index is 0.169. The molecule has 1 aromatic carbocycles. The first-order chi connectivity index (χ1) is 7.83. The molecule has 1 unspecified atom stereocenters. The Morgan fingerprint density at radius 1 is 1.31 bits per heavy atom. The van der Waals surface area contributed by atoms with Gasteiger partial charge in [-0.2, -0.15) is 5.26 Å². The van der Waals surface area contributed by atoms with Crippen molar-refractivity contribution in [2.75, 3.05) is 26.2 Å². The molecule has 84 valence electrons. The van der Waals surface area contributed by atoms with Crippen LogP contribution in [0.15, 0.2) is 24.3 Å². The van der Waals surface area contributed by atoms with E-state index in [1.165, 1.54) is 0 Å². The van der Waals surface area contributed by atoms with E-state index in [1.54, 1.807) is 0 Å². The lowest BCUT2D eigenvalue weighted by atomic mass is 10.1. The molecule has 3 N–H and O–H groups in total. The Morgan fingerprint density at radius 3 is 2.69 bits per heavy atom. The maximum atomic E-state index is 9.03. The molecule has 1 fully saturated rings. The van der Waals surface area contributed by atoms with Gasteiger partial charge in [-0.05, 0) is 6.07 Å². The fourth-order valence-electron chi connectivity index (χ4n) is 2.01. The maximum Gasteiger partial charge on any atom is 0.0995 e. The summed E-state index contributed by atoms with van der Waals surface area (Å²) in [7, 11) is 0. The van der Waals surface area contributed by atoms with Gasteiger partial charge in [0.2, 0.25) is 0 Å². The van der Waals surface area contributed by atoms with E-state index >= 15 is 0 Å². The van der Waals surface area contributed by atoms with Gasteiger partial charge in [0.05, 0.1) is 17.8 Å². The molecular weight excluding hydrogens is 200 g/mol. The van der Waals surface area contributed by atoms with Crippen molar-refractivity contribution in [3.63, 3.8) is 0 Å². The molecule has 0 aliphatic carbocycles. The van der Waals surface area contributed by atoms with Crippen LogP contribution in [0.3, 0.4) is 0 Å². The number of hydrogen-bond donors (Lipinski definition) is 2. The SMILES string of the molecule is N#Cc1ccccc1C(N)N1CCNCC1. The molecule has 1 saturated heterocycles. The van der Waals surface area contributed by atoms with Crippen molar-refractivity contribution in [1.29, 1.82) is 5.26 Å². The second-order valence-electron chi connectivity index (χ2n) is 3.93. The van der Waals surface area contributed by atoms with Gasteiger partial charge in [0.1, 0.15) is 0 Å². The minimum atomic E-state index is -0.169. The van der Waals surface area contributed by atoms with Crippen molar-refractivity contribution in [2.24, 2.45) is 5.73 Å². The van der Waals surface area contributed by atoms with E-state index in [0.29, 0.717) is 5.56 Å². The zero-order valence-electron chi connectivity index (χ0n) is 9.19. The summed E-state index contributed by atoms with van der Waals surface area (Å²) in [6, 6.07) is 9.74. The predicted molar refractivity (Wildman–Crippen MR) is 62.5 cm³/mol. The molecule has 1 aliphatic rings. The lowest BCUT2D eigenvalue weighted by molar-refractivity contribution is 0.177. The third-order valence-electron chi connectivity index (χ3n) is 2.94. The lowest BCUT2D eigenvalue weighted by Gasteiger charge is -2.33. The Morgan fingerprint density at radius 2 is 2.00 bits per heavy atom. The monoisotopic (exact) mass is 216 g/mol. The smallest absolute Gasteiger partial charge is 0.0995 e. The van der Waals surface area contributed by atoms with Crippen molar-refractivity contribution in [1.82, 2.24) is 10.2 Å². The number of nitrogens with two attached hydrogens (primary N) is 1. The average Bonchev–Trinajstić information content (AvgIpc) is 2.39. The average molecular weight is 216 g/mol. The molecule has 2 rings (SSSR count). The molecule has 16 heavy (non-hydrogen) atoms. The van der Waals surface area contributed by atoms with Crippen LogP contribution >= 0.6 is 0 Å². The van der Waals surface area contributed by atoms with Gasteiger partial charge < -0.3 is 11.1 Å². The molecule has 1 aromatic rings. The van der Waals surface area contributed by atoms with Gasteiger partial charge in [-0.3, -0.25) is 4.90 Å². The lowest BCUT2D eigenvalue weighted by Crippen LogP contribution is -2.47. The molecule has 0 bridgehead atoms. The summed E-state index contributed by atoms with van der Waals surface area (Å²) < 4.78 is 0. The van der Waals surface area contributed by atoms with Crippen LogP contribution in [0.25, 0.3) is 0 Å². The highest BCUT2D eigenvalue weighted by Crippen LogP contribution is 2.19. The van der Waals surface area contributed by atoms with Crippen LogP contribution in [0.5, 0.6) is 0 Å². The first kappa shape index (κ1) is 11.1. The molecule has 1 atom stereocenters. The number of benzene rings is 1. The second kappa shape index (κ2) is 5.08. The number of nitriles is 1. The van der Waals surface area contributed by atoms with E-state index in [-0.39, 0.29) is 6.17 Å². The first-order valence-electron chi connectivity index (χ1n) is 5.52. The normalized spacial score (nSPS) is 19.0. The van der Waals surface area contributed by atoms with Gasteiger partial charge in [-0.1, -0.05) is 18.2 Å². The van der Waals surface area contributed by atoms with E-state index in [0.717, 1.165) is 31.7 Å². The zero-order valence-corrected chi connectivity index (χ0v) is 9.19. The molecule has 1 aliphatic heterocycles. The summed E-state index contributed by atoms with van der Waals surface area (Å²) in [6.07, 6.45) is -0.169. The maximum absolute atomic E-state index is 9.03. The second-order valence-corrected chi connectivity index (χ2v) is 3.93. The number of nitrogens with one attached hydrogen (secondary N) is 1. The van der Waals surface area contributed by atoms with Gasteiger partial charge in [-0.25, -0.2) is 0 Å². The number of piperazine rings is 1. The highest BCUT2D eigenvalue weighted by Gasteiger charge is 2.20. The Balaban J connectivity index is 2.19. The molecule has 4 nitrogen and oxygen atoms in total. The van der Waals surface area contributed by atoms with Crippen LogP contribution in [-0.2, 0) is 0 Å². The zero-order chi connectivity index (χ0) is 11.4. The Kier molecular flexibility index (Phi) is 3.52. The van der Waals surface area contributed by atoms with Crippen molar-refractivity contribution in [3.8, 4) is 6.07 Å². The van der Waals surface area contributed by atoms with Crippen LogP contribution < -0.4 is 11.1 Å². The molecular formula is C12H16N4. The van der Waals surface area contributed by atoms with Crippen molar-refractivity contribution >= 4 is 0 Å². The van der Waals surface area contributed by atoms with Crippen molar-refractivity contribution < 1.29 is 0 Å². The topological polar surface area (TPSA) is 65.1 Å². The minimum Gasteiger partial charge on any atom is -0.314 e. The van der Waals surface area contributed by atoms with E-state index in [1.807, 2.05) is 24.3 Å². The number of hydrogen-bond acceptors (Lipinski definition) is 4. The van der Waals surface area contributed by atoms with E-state index in [2.05, 4.69) is 16.3 Å². The Bertz CT molecular complexity index is 390. The fraction of sp³-hybridized carbons (Fsp3) is 0.417. The third kappa shape index (κ3) is 2.22. The van der Waals surface area contributed by atoms with Crippen LogP contribution in [0.4, 0.5) is 0 Å². The van der Waals surface area contributed by atoms with E-state index in [4.69, 9.17) is 11.0 Å². The van der Waals surface area contributed by atoms with Gasteiger partial charge in [0, 0.05) is 31.7 Å². The van der Waals surface area contributed by atoms with Gasteiger partial charge in [-0.15, -0.1) is 0 Å². The summed E-state index contributed by atoms with van der Waals surface area (Å²) in [5, 5.41) is 12.3. The third-order valence-corrected chi connectivity index (χ3v) is 2.94. The molecule has 0 amide bonds. The van der Waals surface area contributed by atoms with E-state index < -0.39 is 0 Å². The van der Waals surface area contributed by atoms with Crippen molar-refractivity contribution in [3.05, 3.63) is 35.4 Å². The molecule has 0 aromatic heterocycles. The summed E-state index contributed by atoms with van der Waals surface area (Å²) in [6.45, 7) is 3.78. The molecule has 1 heterocycles. The summed E-state index contributed by atoms with van der Waals surface area (Å²) >= 11 is 0. The number of nitrogens with zero attached hydrogens (tertiary/aromatic N) is 2. The summed E-state index contributed by atoms with van der Waals surface area (Å²) in [5.74, 6) is 0. The van der Waals surface area contributed by atoms with Crippen molar-refractivity contribution in [2.45, 2.75) is 6.17 Å². The van der Waals surface area contributed by atoms with Gasteiger partial charge in [0.25, 0.3) is 0 Å². The Labute approximate surface area is 95.7 Å². The quantitative estimate of drug-likeness (QED) is 0.752. The summed E-state index contributed by atoms with van der Waals surface area (Å²) in [5.41, 5.74) is 7.79. The van der Waals surface area contributed by atoms with Crippen LogP contribution in [0.1, 0.15) is 17.3 Å². The first-order valence-corrected chi connectivity index (χ1v) is 5.52. The highest BCUT2D eigenvalue weighted by atomic mass is 15.3. The Hall–Kier alpha value is -1.41. The largest absolute Gasteiger partial charge is 0.314 e. The number of rotatable bonds is 2. The van der Waals surface area contributed by atoms with Crippen LogP contribution in [0, 0.1) is 11.3 Å². The summed E-state index contributed by atoms with van der Waals surface area (Å²) in [4.78, 5) is 2.20. The highest BCUT2D eigenvalue weighted by molar-refractivity contribution is 5.39. The van der Waals surface area contributed by atoms with E-state index in [9.17, 15) is 0 Å². The van der Waals surface area contributed by atoms with Crippen LogP contribution in [0.2, 0.25) is 0 Å². The fourth-order valence-corrected chi connectivity index (χ4v) is 2.01. The molecule has 0 saturated carbocycles. The van der Waals surface area contributed by atoms with Gasteiger partial charge >= 0.3 is 0 Å². The molecule has 4 heteroatoms. The molecule has 0 radical (unpaired) electrons. The van der Waals surface area contributed by atoms with Crippen LogP contribution in [-0.4, -0.2) is 31.1 Å². The van der Waals surface area contributed by atoms with Gasteiger partial charge in [0.15, 0.2) is 0 Å². The standard InChI is InChI=1S/C12H16N4/c13-9-10-3-1-2-4-11(10)12(14)16-7-5-15-6-8-16/h1-4,12,15H,5-8,14H2. The predicted octanol–water partition coefficient (Wildman–Crippen LogP) is 0.421. The molecule has 0 spiro atoms.